The second-order valence-corrected chi connectivity index (χ2v) is 9.17. The van der Waals surface area contributed by atoms with Gasteiger partial charge < -0.3 is 5.32 Å². The van der Waals surface area contributed by atoms with E-state index in [4.69, 9.17) is 11.6 Å². The van der Waals surface area contributed by atoms with Gasteiger partial charge in [-0.3, -0.25) is 9.69 Å². The molecule has 0 atom stereocenters. The van der Waals surface area contributed by atoms with E-state index in [0.717, 1.165) is 25.9 Å². The van der Waals surface area contributed by atoms with Crippen LogP contribution in [0.25, 0.3) is 0 Å². The van der Waals surface area contributed by atoms with E-state index in [1.165, 1.54) is 41.8 Å². The Morgan fingerprint density at radius 3 is 2.30 bits per heavy atom. The van der Waals surface area contributed by atoms with E-state index in [9.17, 15) is 13.2 Å². The lowest BCUT2D eigenvalue weighted by atomic mass is 10.1. The zero-order chi connectivity index (χ0) is 19.9. The number of hydrogen-bond donors (Lipinski definition) is 1. The molecule has 0 aliphatic carbocycles. The largest absolute Gasteiger partial charge is 0.324 e. The Bertz CT molecular complexity index is 728. The van der Waals surface area contributed by atoms with Crippen molar-refractivity contribution in [2.75, 3.05) is 38.0 Å². The first-order chi connectivity index (χ1) is 12.9. The van der Waals surface area contributed by atoms with Gasteiger partial charge in [-0.1, -0.05) is 44.7 Å². The van der Waals surface area contributed by atoms with Crippen LogP contribution < -0.4 is 5.32 Å². The second-order valence-electron chi connectivity index (χ2n) is 6.82. The average molecular weight is 416 g/mol. The van der Waals surface area contributed by atoms with Crippen molar-refractivity contribution in [2.45, 2.75) is 50.8 Å². The molecule has 6 nitrogen and oxygen atoms in total. The number of sulfonamides is 1. The van der Waals surface area contributed by atoms with Crippen molar-refractivity contribution < 1.29 is 13.2 Å². The predicted molar refractivity (Wildman–Crippen MR) is 110 cm³/mol. The SMILES string of the molecule is CCN(CC)S(=O)(=O)c1ccc(Cl)c(NC(=O)CN2CCCCCCC2)c1. The van der Waals surface area contributed by atoms with Gasteiger partial charge in [-0.25, -0.2) is 8.42 Å². The zero-order valence-corrected chi connectivity index (χ0v) is 17.8. The van der Waals surface area contributed by atoms with Crippen LogP contribution in [0.2, 0.25) is 5.02 Å². The third-order valence-corrected chi connectivity index (χ3v) is 7.25. The zero-order valence-electron chi connectivity index (χ0n) is 16.2. The fourth-order valence-corrected chi connectivity index (χ4v) is 4.99. The number of halogens is 1. The number of nitrogens with one attached hydrogen (secondary N) is 1. The van der Waals surface area contributed by atoms with Crippen molar-refractivity contribution in [1.82, 2.24) is 9.21 Å². The Morgan fingerprint density at radius 1 is 1.11 bits per heavy atom. The van der Waals surface area contributed by atoms with Crippen LogP contribution in [-0.2, 0) is 14.8 Å². The summed E-state index contributed by atoms with van der Waals surface area (Å²) in [6, 6.07) is 4.44. The summed E-state index contributed by atoms with van der Waals surface area (Å²) < 4.78 is 26.8. The van der Waals surface area contributed by atoms with Crippen LogP contribution in [0.15, 0.2) is 23.1 Å². The van der Waals surface area contributed by atoms with E-state index in [2.05, 4.69) is 10.2 Å². The molecule has 1 heterocycles. The monoisotopic (exact) mass is 415 g/mol. The molecule has 0 spiro atoms. The van der Waals surface area contributed by atoms with Gasteiger partial charge in [-0.15, -0.1) is 0 Å². The molecule has 1 fully saturated rings. The molecule has 0 radical (unpaired) electrons. The van der Waals surface area contributed by atoms with Gasteiger partial charge >= 0.3 is 0 Å². The number of carbonyl (C=O) groups excluding carboxylic acids is 1. The van der Waals surface area contributed by atoms with Crippen LogP contribution in [0.1, 0.15) is 46.0 Å². The predicted octanol–water partition coefficient (Wildman–Crippen LogP) is 3.58. The molecule has 1 amide bonds. The number of rotatable bonds is 7. The van der Waals surface area contributed by atoms with Crippen LogP contribution in [0.4, 0.5) is 5.69 Å². The number of amides is 1. The van der Waals surface area contributed by atoms with E-state index in [-0.39, 0.29) is 10.8 Å². The molecule has 8 heteroatoms. The van der Waals surface area contributed by atoms with E-state index in [0.29, 0.717) is 30.3 Å². The van der Waals surface area contributed by atoms with Crippen molar-refractivity contribution in [2.24, 2.45) is 0 Å². The highest BCUT2D eigenvalue weighted by atomic mass is 35.5. The summed E-state index contributed by atoms with van der Waals surface area (Å²) in [5, 5.41) is 3.11. The molecule has 0 saturated carbocycles. The maximum Gasteiger partial charge on any atom is 0.243 e. The van der Waals surface area contributed by atoms with Crippen LogP contribution in [0.3, 0.4) is 0 Å². The first-order valence-electron chi connectivity index (χ1n) is 9.70. The lowest BCUT2D eigenvalue weighted by molar-refractivity contribution is -0.117. The molecule has 1 aliphatic heterocycles. The van der Waals surface area contributed by atoms with Crippen molar-refractivity contribution in [3.05, 3.63) is 23.2 Å². The fraction of sp³-hybridized carbons (Fsp3) is 0.632. The number of anilines is 1. The molecule has 1 N–H and O–H groups in total. The molecule has 1 aliphatic rings. The van der Waals surface area contributed by atoms with Crippen molar-refractivity contribution in [3.63, 3.8) is 0 Å². The lowest BCUT2D eigenvalue weighted by Gasteiger charge is -2.24. The molecule has 2 rings (SSSR count). The number of carbonyl (C=O) groups is 1. The summed E-state index contributed by atoms with van der Waals surface area (Å²) in [5.74, 6) is -0.171. The number of nitrogens with zero attached hydrogens (tertiary/aromatic N) is 2. The van der Waals surface area contributed by atoms with Gasteiger partial charge in [0, 0.05) is 13.1 Å². The summed E-state index contributed by atoms with van der Waals surface area (Å²) >= 11 is 6.19. The van der Waals surface area contributed by atoms with Crippen molar-refractivity contribution >= 4 is 33.2 Å². The lowest BCUT2D eigenvalue weighted by Crippen LogP contribution is -2.35. The van der Waals surface area contributed by atoms with Crippen molar-refractivity contribution in [3.8, 4) is 0 Å². The van der Waals surface area contributed by atoms with Gasteiger partial charge in [-0.05, 0) is 44.1 Å². The van der Waals surface area contributed by atoms with Crippen LogP contribution in [0, 0.1) is 0 Å². The summed E-state index contributed by atoms with van der Waals surface area (Å²) in [6.07, 6.45) is 5.88. The summed E-state index contributed by atoms with van der Waals surface area (Å²) in [6.45, 7) is 6.49. The van der Waals surface area contributed by atoms with Gasteiger partial charge in [-0.2, -0.15) is 4.31 Å². The van der Waals surface area contributed by atoms with E-state index in [1.54, 1.807) is 13.8 Å². The Kier molecular flexibility index (Phi) is 8.54. The van der Waals surface area contributed by atoms with E-state index in [1.807, 2.05) is 0 Å². The first-order valence-corrected chi connectivity index (χ1v) is 11.5. The Balaban J connectivity index is 2.10. The molecule has 0 unspecified atom stereocenters. The standard InChI is InChI=1S/C19H30ClN3O3S/c1-3-23(4-2)27(25,26)16-10-11-17(20)18(14-16)21-19(24)15-22-12-8-6-5-7-9-13-22/h10-11,14H,3-9,12-13,15H2,1-2H3,(H,21,24). The van der Waals surface area contributed by atoms with Crippen LogP contribution >= 0.6 is 11.6 Å². The van der Waals surface area contributed by atoms with E-state index < -0.39 is 10.0 Å². The number of likely N-dealkylation sites (tertiary alicyclic amines) is 1. The number of benzene rings is 1. The maximum atomic E-state index is 12.7. The molecule has 1 aromatic rings. The normalized spacial score (nSPS) is 16.7. The van der Waals surface area contributed by atoms with E-state index >= 15 is 0 Å². The molecular weight excluding hydrogens is 386 g/mol. The molecule has 0 bridgehead atoms. The van der Waals surface area contributed by atoms with Crippen molar-refractivity contribution in [1.29, 1.82) is 0 Å². The summed E-state index contributed by atoms with van der Waals surface area (Å²) in [5.41, 5.74) is 0.335. The molecule has 1 aromatic carbocycles. The number of hydrogen-bond acceptors (Lipinski definition) is 4. The first kappa shape index (κ1) is 22.1. The minimum atomic E-state index is -3.60. The minimum Gasteiger partial charge on any atom is -0.324 e. The summed E-state index contributed by atoms with van der Waals surface area (Å²) in [7, 11) is -3.60. The highest BCUT2D eigenvalue weighted by molar-refractivity contribution is 7.89. The highest BCUT2D eigenvalue weighted by Crippen LogP contribution is 2.27. The maximum absolute atomic E-state index is 12.7. The van der Waals surface area contributed by atoms with Gasteiger partial charge in [0.25, 0.3) is 0 Å². The summed E-state index contributed by atoms with van der Waals surface area (Å²) in [4.78, 5) is 14.8. The minimum absolute atomic E-state index is 0.136. The Morgan fingerprint density at radius 2 is 1.70 bits per heavy atom. The smallest absolute Gasteiger partial charge is 0.243 e. The Labute approximate surface area is 167 Å². The van der Waals surface area contributed by atoms with Gasteiger partial charge in [0.15, 0.2) is 0 Å². The third kappa shape index (κ3) is 6.17. The van der Waals surface area contributed by atoms with Gasteiger partial charge in [0.2, 0.25) is 15.9 Å². The van der Waals surface area contributed by atoms with Gasteiger partial charge in [0.1, 0.15) is 0 Å². The molecule has 27 heavy (non-hydrogen) atoms. The molecule has 1 saturated heterocycles. The van der Waals surface area contributed by atoms with Crippen LogP contribution in [-0.4, -0.2) is 56.3 Å². The highest BCUT2D eigenvalue weighted by Gasteiger charge is 2.23. The fourth-order valence-electron chi connectivity index (χ4n) is 3.34. The molecular formula is C19H30ClN3O3S. The second kappa shape index (κ2) is 10.4. The topological polar surface area (TPSA) is 69.7 Å². The molecule has 152 valence electrons. The average Bonchev–Trinajstić information content (AvgIpc) is 2.59. The molecule has 0 aromatic heterocycles. The third-order valence-electron chi connectivity index (χ3n) is 4.87. The Hall–Kier alpha value is -1.15. The quantitative estimate of drug-likeness (QED) is 0.738. The van der Waals surface area contributed by atoms with Gasteiger partial charge in [0.05, 0.1) is 22.2 Å². The van der Waals surface area contributed by atoms with Crippen LogP contribution in [0.5, 0.6) is 0 Å².